The first-order valence-electron chi connectivity index (χ1n) is 5.79. The summed E-state index contributed by atoms with van der Waals surface area (Å²) in [6.45, 7) is 1.66. The topological polar surface area (TPSA) is 38.5 Å². The Bertz CT molecular complexity index is 328. The molecule has 0 aromatic heterocycles. The molecule has 2 atom stereocenters. The molecule has 1 fully saturated rings. The normalized spacial score (nSPS) is 22.1. The van der Waals surface area contributed by atoms with Crippen molar-refractivity contribution in [1.82, 2.24) is 0 Å². The molecule has 0 aliphatic carbocycles. The summed E-state index contributed by atoms with van der Waals surface area (Å²) in [5.41, 5.74) is 8.65. The number of hydrogen-bond donors (Lipinski definition) is 1. The van der Waals surface area contributed by atoms with Crippen LogP contribution in [0.15, 0.2) is 24.3 Å². The molecule has 0 bridgehead atoms. The molecular weight excluding hydrogens is 200 g/mol. The van der Waals surface area contributed by atoms with Crippen molar-refractivity contribution >= 4 is 5.69 Å². The van der Waals surface area contributed by atoms with Crippen LogP contribution in [0.4, 0.5) is 5.69 Å². The second kappa shape index (κ2) is 4.85. The molecule has 1 aliphatic heterocycles. The standard InChI is InChI=1S/C13H20N2O/c1-15(2)12-5-3-10(4-6-12)13(14)11-7-8-16-9-11/h3-6,11,13H,7-9,14H2,1-2H3. The molecule has 0 amide bonds. The highest BCUT2D eigenvalue weighted by Crippen LogP contribution is 2.27. The molecule has 1 aromatic carbocycles. The van der Waals surface area contributed by atoms with Gasteiger partial charge < -0.3 is 15.4 Å². The molecule has 1 saturated heterocycles. The van der Waals surface area contributed by atoms with E-state index in [1.54, 1.807) is 0 Å². The number of hydrogen-bond acceptors (Lipinski definition) is 3. The Morgan fingerprint density at radius 2 is 2.00 bits per heavy atom. The van der Waals surface area contributed by atoms with Crippen LogP contribution in [0.5, 0.6) is 0 Å². The van der Waals surface area contributed by atoms with E-state index in [1.807, 2.05) is 14.1 Å². The highest BCUT2D eigenvalue weighted by molar-refractivity contribution is 5.46. The number of rotatable bonds is 3. The highest BCUT2D eigenvalue weighted by atomic mass is 16.5. The molecule has 16 heavy (non-hydrogen) atoms. The lowest BCUT2D eigenvalue weighted by Crippen LogP contribution is -2.21. The van der Waals surface area contributed by atoms with Crippen LogP contribution >= 0.6 is 0 Å². The summed E-state index contributed by atoms with van der Waals surface area (Å²) in [5, 5.41) is 0. The zero-order valence-corrected chi connectivity index (χ0v) is 10.0. The summed E-state index contributed by atoms with van der Waals surface area (Å²) in [6, 6.07) is 8.59. The minimum absolute atomic E-state index is 0.110. The van der Waals surface area contributed by atoms with E-state index in [9.17, 15) is 0 Å². The Morgan fingerprint density at radius 1 is 1.31 bits per heavy atom. The zero-order chi connectivity index (χ0) is 11.5. The number of benzene rings is 1. The fourth-order valence-electron chi connectivity index (χ4n) is 2.10. The molecule has 0 radical (unpaired) electrons. The Kier molecular flexibility index (Phi) is 3.46. The minimum Gasteiger partial charge on any atom is -0.381 e. The highest BCUT2D eigenvalue weighted by Gasteiger charge is 2.23. The van der Waals surface area contributed by atoms with E-state index >= 15 is 0 Å². The average molecular weight is 220 g/mol. The molecule has 2 N–H and O–H groups in total. The summed E-state index contributed by atoms with van der Waals surface area (Å²) < 4.78 is 5.37. The van der Waals surface area contributed by atoms with Gasteiger partial charge in [-0.15, -0.1) is 0 Å². The molecule has 3 nitrogen and oxygen atoms in total. The summed E-state index contributed by atoms with van der Waals surface area (Å²) in [4.78, 5) is 2.09. The van der Waals surface area contributed by atoms with Gasteiger partial charge in [0, 0.05) is 38.3 Å². The second-order valence-electron chi connectivity index (χ2n) is 4.64. The lowest BCUT2D eigenvalue weighted by Gasteiger charge is -2.19. The van der Waals surface area contributed by atoms with Crippen molar-refractivity contribution in [3.8, 4) is 0 Å². The minimum atomic E-state index is 0.110. The van der Waals surface area contributed by atoms with Gasteiger partial charge in [-0.05, 0) is 24.1 Å². The van der Waals surface area contributed by atoms with Crippen molar-refractivity contribution in [3.05, 3.63) is 29.8 Å². The van der Waals surface area contributed by atoms with Gasteiger partial charge in [-0.25, -0.2) is 0 Å². The van der Waals surface area contributed by atoms with Crippen molar-refractivity contribution in [3.63, 3.8) is 0 Å². The SMILES string of the molecule is CN(C)c1ccc(C(N)C2CCOC2)cc1. The maximum Gasteiger partial charge on any atom is 0.0513 e. The van der Waals surface area contributed by atoms with Crippen LogP contribution in [0.25, 0.3) is 0 Å². The van der Waals surface area contributed by atoms with Crippen LogP contribution in [0.2, 0.25) is 0 Å². The van der Waals surface area contributed by atoms with Crippen molar-refractivity contribution in [1.29, 1.82) is 0 Å². The molecule has 0 spiro atoms. The molecular formula is C13H20N2O. The fourth-order valence-corrected chi connectivity index (χ4v) is 2.10. The molecule has 3 heteroatoms. The smallest absolute Gasteiger partial charge is 0.0513 e. The largest absolute Gasteiger partial charge is 0.381 e. The first kappa shape index (κ1) is 11.4. The van der Waals surface area contributed by atoms with Crippen LogP contribution in [-0.2, 0) is 4.74 Å². The van der Waals surface area contributed by atoms with Gasteiger partial charge in [-0.2, -0.15) is 0 Å². The van der Waals surface area contributed by atoms with Crippen LogP contribution in [0.1, 0.15) is 18.0 Å². The van der Waals surface area contributed by atoms with E-state index < -0.39 is 0 Å². The van der Waals surface area contributed by atoms with Gasteiger partial charge in [0.2, 0.25) is 0 Å². The monoisotopic (exact) mass is 220 g/mol. The molecule has 1 heterocycles. The zero-order valence-electron chi connectivity index (χ0n) is 10.0. The maximum absolute atomic E-state index is 6.23. The number of nitrogens with two attached hydrogens (primary N) is 1. The quantitative estimate of drug-likeness (QED) is 0.844. The Balaban J connectivity index is 2.08. The number of ether oxygens (including phenoxy) is 1. The lowest BCUT2D eigenvalue weighted by atomic mass is 9.93. The Hall–Kier alpha value is -1.06. The summed E-state index contributed by atoms with van der Waals surface area (Å²) in [6.07, 6.45) is 1.08. The fraction of sp³-hybridized carbons (Fsp3) is 0.538. The Labute approximate surface area is 97.2 Å². The molecule has 2 rings (SSSR count). The van der Waals surface area contributed by atoms with E-state index in [-0.39, 0.29) is 6.04 Å². The average Bonchev–Trinajstić information content (AvgIpc) is 2.81. The van der Waals surface area contributed by atoms with E-state index in [0.717, 1.165) is 19.6 Å². The summed E-state index contributed by atoms with van der Waals surface area (Å²) in [7, 11) is 4.08. The van der Waals surface area contributed by atoms with Gasteiger partial charge in [-0.3, -0.25) is 0 Å². The van der Waals surface area contributed by atoms with Crippen LogP contribution in [0.3, 0.4) is 0 Å². The molecule has 0 saturated carbocycles. The van der Waals surface area contributed by atoms with E-state index in [1.165, 1.54) is 11.3 Å². The molecule has 2 unspecified atom stereocenters. The predicted octanol–water partition coefficient (Wildman–Crippen LogP) is 1.79. The molecule has 1 aromatic rings. The van der Waals surface area contributed by atoms with Gasteiger partial charge >= 0.3 is 0 Å². The van der Waals surface area contributed by atoms with Crippen molar-refractivity contribution in [2.24, 2.45) is 11.7 Å². The maximum atomic E-state index is 6.23. The van der Waals surface area contributed by atoms with Gasteiger partial charge in [0.05, 0.1) is 6.61 Å². The van der Waals surface area contributed by atoms with Crippen LogP contribution in [0, 0.1) is 5.92 Å². The van der Waals surface area contributed by atoms with E-state index in [0.29, 0.717) is 5.92 Å². The molecule has 1 aliphatic rings. The third-order valence-corrected chi connectivity index (χ3v) is 3.27. The first-order chi connectivity index (χ1) is 7.68. The third kappa shape index (κ3) is 2.36. The van der Waals surface area contributed by atoms with Gasteiger partial charge in [0.25, 0.3) is 0 Å². The molecule has 88 valence electrons. The van der Waals surface area contributed by atoms with Gasteiger partial charge in [0.1, 0.15) is 0 Å². The van der Waals surface area contributed by atoms with Crippen molar-refractivity contribution in [2.75, 3.05) is 32.2 Å². The number of anilines is 1. The Morgan fingerprint density at radius 3 is 2.50 bits per heavy atom. The summed E-state index contributed by atoms with van der Waals surface area (Å²) in [5.74, 6) is 0.477. The van der Waals surface area contributed by atoms with Gasteiger partial charge in [0.15, 0.2) is 0 Å². The third-order valence-electron chi connectivity index (χ3n) is 3.27. The second-order valence-corrected chi connectivity index (χ2v) is 4.64. The van der Waals surface area contributed by atoms with Crippen molar-refractivity contribution in [2.45, 2.75) is 12.5 Å². The first-order valence-corrected chi connectivity index (χ1v) is 5.79. The summed E-state index contributed by atoms with van der Waals surface area (Å²) >= 11 is 0. The van der Waals surface area contributed by atoms with E-state index in [4.69, 9.17) is 10.5 Å². The van der Waals surface area contributed by atoms with Gasteiger partial charge in [-0.1, -0.05) is 12.1 Å². The van der Waals surface area contributed by atoms with Crippen LogP contribution in [-0.4, -0.2) is 27.3 Å². The van der Waals surface area contributed by atoms with Crippen molar-refractivity contribution < 1.29 is 4.74 Å². The van der Waals surface area contributed by atoms with Crippen LogP contribution < -0.4 is 10.6 Å². The lowest BCUT2D eigenvalue weighted by molar-refractivity contribution is 0.181. The number of nitrogens with zero attached hydrogens (tertiary/aromatic N) is 1. The predicted molar refractivity (Wildman–Crippen MR) is 66.6 cm³/mol. The van der Waals surface area contributed by atoms with E-state index in [2.05, 4.69) is 29.2 Å².